The minimum Gasteiger partial charge on any atom is -0.439 e. The topological polar surface area (TPSA) is 63.2 Å². The number of aromatic nitrogens is 1. The first kappa shape index (κ1) is 17.4. The molecule has 2 heterocycles. The Morgan fingerprint density at radius 3 is 3.08 bits per heavy atom. The van der Waals surface area contributed by atoms with Crippen molar-refractivity contribution in [3.63, 3.8) is 0 Å². The van der Waals surface area contributed by atoms with Crippen LogP contribution in [0.3, 0.4) is 0 Å². The molecule has 25 heavy (non-hydrogen) atoms. The van der Waals surface area contributed by atoms with Gasteiger partial charge in [-0.2, -0.15) is 0 Å². The number of carbonyl (C=O) groups excluding carboxylic acids is 1. The summed E-state index contributed by atoms with van der Waals surface area (Å²) >= 11 is 0. The molecule has 1 amide bonds. The van der Waals surface area contributed by atoms with Crippen LogP contribution < -0.4 is 15.4 Å². The zero-order valence-corrected chi connectivity index (χ0v) is 14.2. The average molecular weight is 343 g/mol. The highest BCUT2D eigenvalue weighted by Crippen LogP contribution is 2.23. The van der Waals surface area contributed by atoms with Gasteiger partial charge in [0.2, 0.25) is 11.8 Å². The lowest BCUT2D eigenvalue weighted by atomic mass is 9.92. The van der Waals surface area contributed by atoms with Crippen LogP contribution in [0.2, 0.25) is 0 Å². The molecule has 1 aromatic heterocycles. The predicted octanol–water partition coefficient (Wildman–Crippen LogP) is 3.02. The van der Waals surface area contributed by atoms with Gasteiger partial charge in [0.25, 0.3) is 0 Å². The molecule has 0 radical (unpaired) electrons. The molecule has 1 aliphatic heterocycles. The summed E-state index contributed by atoms with van der Waals surface area (Å²) in [6.07, 6.45) is 3.29. The van der Waals surface area contributed by atoms with E-state index >= 15 is 0 Å². The van der Waals surface area contributed by atoms with Crippen molar-refractivity contribution in [1.82, 2.24) is 15.6 Å². The van der Waals surface area contributed by atoms with Gasteiger partial charge >= 0.3 is 0 Å². The quantitative estimate of drug-likeness (QED) is 0.876. The predicted molar refractivity (Wildman–Crippen MR) is 92.7 cm³/mol. The fourth-order valence-corrected chi connectivity index (χ4v) is 2.99. The van der Waals surface area contributed by atoms with Gasteiger partial charge in [0.1, 0.15) is 11.6 Å². The van der Waals surface area contributed by atoms with E-state index in [2.05, 4.69) is 22.5 Å². The fourth-order valence-electron chi connectivity index (χ4n) is 2.99. The number of amides is 1. The van der Waals surface area contributed by atoms with Crippen molar-refractivity contribution in [2.45, 2.75) is 32.4 Å². The summed E-state index contributed by atoms with van der Waals surface area (Å²) in [6.45, 7) is 3.28. The summed E-state index contributed by atoms with van der Waals surface area (Å²) in [7, 11) is 0. The molecule has 1 fully saturated rings. The van der Waals surface area contributed by atoms with E-state index in [0.29, 0.717) is 24.2 Å². The van der Waals surface area contributed by atoms with Gasteiger partial charge < -0.3 is 15.4 Å². The lowest BCUT2D eigenvalue weighted by Gasteiger charge is -2.27. The number of hydrogen-bond acceptors (Lipinski definition) is 4. The molecule has 0 spiro atoms. The average Bonchev–Trinajstić information content (AvgIpc) is 2.61. The first-order valence-electron chi connectivity index (χ1n) is 8.50. The minimum atomic E-state index is -0.372. The monoisotopic (exact) mass is 343 g/mol. The van der Waals surface area contributed by atoms with E-state index in [0.717, 1.165) is 24.9 Å². The largest absolute Gasteiger partial charge is 0.439 e. The molecule has 1 aromatic carbocycles. The number of nitrogens with zero attached hydrogens (tertiary/aromatic N) is 1. The smallest absolute Gasteiger partial charge is 0.224 e. The van der Waals surface area contributed by atoms with Crippen molar-refractivity contribution in [2.75, 3.05) is 6.54 Å². The standard InChI is InChI=1S/C19H22FN3O2/c1-13-10-14(7-9-21-13)18(24)23-12-15-4-3-8-22-19(15)25-17-6-2-5-16(20)11-17/h2-6,8,11,13-14,21H,7,9-10,12H2,1H3,(H,23,24)/t13-,14-/m0/s1. The van der Waals surface area contributed by atoms with Crippen molar-refractivity contribution in [3.05, 3.63) is 54.0 Å². The fraction of sp³-hybridized carbons (Fsp3) is 0.368. The second kappa shape index (κ2) is 8.07. The third-order valence-corrected chi connectivity index (χ3v) is 4.31. The third-order valence-electron chi connectivity index (χ3n) is 4.31. The third kappa shape index (κ3) is 4.76. The lowest BCUT2D eigenvalue weighted by molar-refractivity contribution is -0.126. The molecule has 0 unspecified atom stereocenters. The molecule has 132 valence electrons. The number of hydrogen-bond donors (Lipinski definition) is 2. The summed E-state index contributed by atoms with van der Waals surface area (Å²) in [4.78, 5) is 16.6. The van der Waals surface area contributed by atoms with Crippen LogP contribution in [0, 0.1) is 11.7 Å². The van der Waals surface area contributed by atoms with E-state index in [1.54, 1.807) is 24.4 Å². The van der Waals surface area contributed by atoms with Gasteiger partial charge in [0.15, 0.2) is 0 Å². The molecule has 3 rings (SSSR count). The number of pyridine rings is 1. The van der Waals surface area contributed by atoms with Gasteiger partial charge in [-0.25, -0.2) is 9.37 Å². The molecule has 2 N–H and O–H groups in total. The summed E-state index contributed by atoms with van der Waals surface area (Å²) in [5.74, 6) is 0.447. The van der Waals surface area contributed by atoms with Crippen LogP contribution in [0.15, 0.2) is 42.6 Å². The second-order valence-corrected chi connectivity index (χ2v) is 6.32. The van der Waals surface area contributed by atoms with Crippen LogP contribution in [0.4, 0.5) is 4.39 Å². The van der Waals surface area contributed by atoms with Crippen LogP contribution in [-0.2, 0) is 11.3 Å². The van der Waals surface area contributed by atoms with E-state index in [9.17, 15) is 9.18 Å². The Bertz CT molecular complexity index is 738. The summed E-state index contributed by atoms with van der Waals surface area (Å²) in [6, 6.07) is 9.87. The molecular weight excluding hydrogens is 321 g/mol. The molecule has 0 bridgehead atoms. The van der Waals surface area contributed by atoms with Gasteiger partial charge in [-0.1, -0.05) is 12.1 Å². The number of halogens is 1. The Hall–Kier alpha value is -2.47. The number of rotatable bonds is 5. The first-order valence-corrected chi connectivity index (χ1v) is 8.50. The number of benzene rings is 1. The van der Waals surface area contributed by atoms with Crippen molar-refractivity contribution in [2.24, 2.45) is 5.92 Å². The SMILES string of the molecule is C[C@H]1C[C@@H](C(=O)NCc2cccnc2Oc2cccc(F)c2)CCN1. The minimum absolute atomic E-state index is 0.0282. The highest BCUT2D eigenvalue weighted by Gasteiger charge is 2.24. The molecule has 5 nitrogen and oxygen atoms in total. The zero-order valence-electron chi connectivity index (χ0n) is 14.2. The number of piperidine rings is 1. The van der Waals surface area contributed by atoms with E-state index in [4.69, 9.17) is 4.74 Å². The molecule has 0 saturated carbocycles. The van der Waals surface area contributed by atoms with Crippen molar-refractivity contribution < 1.29 is 13.9 Å². The molecular formula is C19H22FN3O2. The maximum Gasteiger partial charge on any atom is 0.224 e. The van der Waals surface area contributed by atoms with Gasteiger partial charge in [0, 0.05) is 36.3 Å². The highest BCUT2D eigenvalue weighted by atomic mass is 19.1. The van der Waals surface area contributed by atoms with E-state index < -0.39 is 0 Å². The van der Waals surface area contributed by atoms with Gasteiger partial charge in [0.05, 0.1) is 0 Å². The van der Waals surface area contributed by atoms with Crippen LogP contribution >= 0.6 is 0 Å². The Morgan fingerprint density at radius 2 is 2.28 bits per heavy atom. The second-order valence-electron chi connectivity index (χ2n) is 6.32. The Labute approximate surface area is 146 Å². The van der Waals surface area contributed by atoms with Crippen molar-refractivity contribution in [3.8, 4) is 11.6 Å². The Kier molecular flexibility index (Phi) is 5.60. The molecule has 0 aliphatic carbocycles. The summed E-state index contributed by atoms with van der Waals surface area (Å²) in [5.41, 5.74) is 0.752. The number of nitrogens with one attached hydrogen (secondary N) is 2. The van der Waals surface area contributed by atoms with Gasteiger partial charge in [-0.15, -0.1) is 0 Å². The first-order chi connectivity index (χ1) is 12.1. The molecule has 2 atom stereocenters. The molecule has 1 aliphatic rings. The highest BCUT2D eigenvalue weighted by molar-refractivity contribution is 5.78. The molecule has 1 saturated heterocycles. The number of ether oxygens (including phenoxy) is 1. The maximum atomic E-state index is 13.3. The van der Waals surface area contributed by atoms with Gasteiger partial charge in [-0.3, -0.25) is 4.79 Å². The number of carbonyl (C=O) groups is 1. The van der Waals surface area contributed by atoms with E-state index in [-0.39, 0.29) is 17.6 Å². The van der Waals surface area contributed by atoms with Crippen LogP contribution in [-0.4, -0.2) is 23.5 Å². The maximum absolute atomic E-state index is 13.3. The van der Waals surface area contributed by atoms with E-state index in [1.165, 1.54) is 12.1 Å². The van der Waals surface area contributed by atoms with E-state index in [1.807, 2.05) is 6.07 Å². The van der Waals surface area contributed by atoms with Crippen LogP contribution in [0.25, 0.3) is 0 Å². The van der Waals surface area contributed by atoms with Crippen LogP contribution in [0.5, 0.6) is 11.6 Å². The van der Waals surface area contributed by atoms with Gasteiger partial charge in [-0.05, 0) is 44.5 Å². The molecule has 6 heteroatoms. The lowest BCUT2D eigenvalue weighted by Crippen LogP contribution is -2.42. The molecule has 2 aromatic rings. The summed E-state index contributed by atoms with van der Waals surface area (Å²) < 4.78 is 19.0. The Morgan fingerprint density at radius 1 is 1.40 bits per heavy atom. The van der Waals surface area contributed by atoms with Crippen molar-refractivity contribution in [1.29, 1.82) is 0 Å². The Balaban J connectivity index is 1.63. The van der Waals surface area contributed by atoms with Crippen molar-refractivity contribution >= 4 is 5.91 Å². The normalized spacial score (nSPS) is 20.1. The van der Waals surface area contributed by atoms with Crippen LogP contribution in [0.1, 0.15) is 25.3 Å². The summed E-state index contributed by atoms with van der Waals surface area (Å²) in [5, 5.41) is 6.31. The zero-order chi connectivity index (χ0) is 17.6.